The van der Waals surface area contributed by atoms with Crippen molar-refractivity contribution in [3.8, 4) is 0 Å². The van der Waals surface area contributed by atoms with Crippen molar-refractivity contribution in [2.75, 3.05) is 12.3 Å². The molecule has 0 unspecified atom stereocenters. The van der Waals surface area contributed by atoms with Gasteiger partial charge in [0.2, 0.25) is 11.8 Å². The van der Waals surface area contributed by atoms with Crippen LogP contribution in [0.15, 0.2) is 59.5 Å². The molecular weight excluding hydrogens is 392 g/mol. The van der Waals surface area contributed by atoms with Crippen molar-refractivity contribution in [2.45, 2.75) is 44.2 Å². The van der Waals surface area contributed by atoms with E-state index in [1.54, 1.807) is 17.9 Å². The molecule has 0 heterocycles. The maximum Gasteiger partial charge on any atom is 0.242 e. The van der Waals surface area contributed by atoms with Crippen LogP contribution in [-0.2, 0) is 16.1 Å². The standard InChI is InChI=1S/C22H27ClN2O2S/c1-3-4-13-24-22(27)17(2)25(15-18-9-8-10-19(23)14-18)21(26)16-28-20-11-6-5-7-12-20/h5-12,14,17H,3-4,13,15-16H2,1-2H3,(H,24,27)/t17-/m1/s1. The zero-order valence-corrected chi connectivity index (χ0v) is 17.9. The highest BCUT2D eigenvalue weighted by Crippen LogP contribution is 2.20. The van der Waals surface area contributed by atoms with Crippen molar-refractivity contribution >= 4 is 35.2 Å². The Morgan fingerprint density at radius 2 is 1.89 bits per heavy atom. The van der Waals surface area contributed by atoms with Gasteiger partial charge >= 0.3 is 0 Å². The molecule has 0 fully saturated rings. The number of thioether (sulfide) groups is 1. The molecule has 1 N–H and O–H groups in total. The summed E-state index contributed by atoms with van der Waals surface area (Å²) in [7, 11) is 0. The normalized spacial score (nSPS) is 11.7. The summed E-state index contributed by atoms with van der Waals surface area (Å²) in [5, 5.41) is 3.54. The van der Waals surface area contributed by atoms with Crippen LogP contribution in [0.1, 0.15) is 32.3 Å². The molecule has 0 aromatic heterocycles. The summed E-state index contributed by atoms with van der Waals surface area (Å²) in [6.45, 7) is 4.82. The van der Waals surface area contributed by atoms with Gasteiger partial charge in [-0.25, -0.2) is 0 Å². The second-order valence-corrected chi connectivity index (χ2v) is 8.06. The first-order chi connectivity index (χ1) is 13.5. The fraction of sp³-hybridized carbons (Fsp3) is 0.364. The first-order valence-corrected chi connectivity index (χ1v) is 10.9. The smallest absolute Gasteiger partial charge is 0.242 e. The van der Waals surface area contributed by atoms with E-state index >= 15 is 0 Å². The fourth-order valence-corrected chi connectivity index (χ4v) is 3.71. The Hall–Kier alpha value is -1.98. The molecule has 0 saturated heterocycles. The molecule has 2 amide bonds. The predicted molar refractivity (Wildman–Crippen MR) is 117 cm³/mol. The van der Waals surface area contributed by atoms with Crippen molar-refractivity contribution in [2.24, 2.45) is 0 Å². The number of amides is 2. The Morgan fingerprint density at radius 1 is 1.14 bits per heavy atom. The maximum atomic E-state index is 13.0. The topological polar surface area (TPSA) is 49.4 Å². The molecule has 1 atom stereocenters. The van der Waals surface area contributed by atoms with Crippen LogP contribution in [0.4, 0.5) is 0 Å². The molecule has 28 heavy (non-hydrogen) atoms. The zero-order chi connectivity index (χ0) is 20.4. The highest BCUT2D eigenvalue weighted by Gasteiger charge is 2.26. The van der Waals surface area contributed by atoms with E-state index in [9.17, 15) is 9.59 Å². The third kappa shape index (κ3) is 7.21. The fourth-order valence-electron chi connectivity index (χ4n) is 2.70. The van der Waals surface area contributed by atoms with Crippen LogP contribution in [0.2, 0.25) is 5.02 Å². The van der Waals surface area contributed by atoms with E-state index in [2.05, 4.69) is 12.2 Å². The molecule has 2 rings (SSSR count). The highest BCUT2D eigenvalue weighted by atomic mass is 35.5. The average molecular weight is 419 g/mol. The molecular formula is C22H27ClN2O2S. The van der Waals surface area contributed by atoms with E-state index in [1.807, 2.05) is 48.5 Å². The summed E-state index contributed by atoms with van der Waals surface area (Å²) >= 11 is 7.56. The molecule has 150 valence electrons. The number of benzene rings is 2. The lowest BCUT2D eigenvalue weighted by Crippen LogP contribution is -2.48. The summed E-state index contributed by atoms with van der Waals surface area (Å²) in [5.74, 6) is 0.0671. The highest BCUT2D eigenvalue weighted by molar-refractivity contribution is 8.00. The lowest BCUT2D eigenvalue weighted by molar-refractivity contribution is -0.138. The van der Waals surface area contributed by atoms with Gasteiger partial charge in [-0.05, 0) is 43.2 Å². The number of carbonyl (C=O) groups excluding carboxylic acids is 2. The summed E-state index contributed by atoms with van der Waals surface area (Å²) in [6, 6.07) is 16.6. The Kier molecular flexibility index (Phi) is 9.38. The van der Waals surface area contributed by atoms with Gasteiger partial charge in [-0.2, -0.15) is 0 Å². The van der Waals surface area contributed by atoms with Crippen LogP contribution in [0.5, 0.6) is 0 Å². The molecule has 0 aliphatic carbocycles. The summed E-state index contributed by atoms with van der Waals surface area (Å²) in [6.07, 6.45) is 1.93. The van der Waals surface area contributed by atoms with Crippen molar-refractivity contribution in [3.63, 3.8) is 0 Å². The molecule has 0 aliphatic rings. The van der Waals surface area contributed by atoms with Crippen LogP contribution in [-0.4, -0.2) is 35.1 Å². The van der Waals surface area contributed by atoms with Gasteiger partial charge in [-0.1, -0.05) is 55.3 Å². The van der Waals surface area contributed by atoms with E-state index in [-0.39, 0.29) is 17.6 Å². The minimum absolute atomic E-state index is 0.0769. The van der Waals surface area contributed by atoms with Crippen molar-refractivity contribution in [1.82, 2.24) is 10.2 Å². The van der Waals surface area contributed by atoms with E-state index in [1.165, 1.54) is 11.8 Å². The number of nitrogens with one attached hydrogen (secondary N) is 1. The predicted octanol–water partition coefficient (Wildman–Crippen LogP) is 4.77. The van der Waals surface area contributed by atoms with Crippen LogP contribution in [0.25, 0.3) is 0 Å². The molecule has 2 aromatic rings. The van der Waals surface area contributed by atoms with Crippen molar-refractivity contribution in [3.05, 3.63) is 65.2 Å². The first-order valence-electron chi connectivity index (χ1n) is 9.50. The van der Waals surface area contributed by atoms with Crippen LogP contribution in [0.3, 0.4) is 0 Å². The minimum atomic E-state index is -0.556. The summed E-state index contributed by atoms with van der Waals surface area (Å²) in [5.41, 5.74) is 0.902. The maximum absolute atomic E-state index is 13.0. The summed E-state index contributed by atoms with van der Waals surface area (Å²) in [4.78, 5) is 28.2. The Balaban J connectivity index is 2.09. The van der Waals surface area contributed by atoms with Gasteiger partial charge in [0.15, 0.2) is 0 Å². The van der Waals surface area contributed by atoms with Crippen LogP contribution >= 0.6 is 23.4 Å². The third-order valence-corrected chi connectivity index (χ3v) is 5.58. The Bertz CT molecular complexity index is 770. The number of carbonyl (C=O) groups is 2. The second-order valence-electron chi connectivity index (χ2n) is 6.57. The molecule has 0 aliphatic heterocycles. The Labute approximate surface area is 176 Å². The number of hydrogen-bond donors (Lipinski definition) is 1. The quantitative estimate of drug-likeness (QED) is 0.446. The van der Waals surface area contributed by atoms with Gasteiger partial charge in [0, 0.05) is 23.0 Å². The molecule has 0 spiro atoms. The second kappa shape index (κ2) is 11.8. The third-order valence-electron chi connectivity index (χ3n) is 4.34. The number of rotatable bonds is 10. The minimum Gasteiger partial charge on any atom is -0.354 e. The van der Waals surface area contributed by atoms with Gasteiger partial charge in [0.25, 0.3) is 0 Å². The molecule has 2 aromatic carbocycles. The molecule has 4 nitrogen and oxygen atoms in total. The average Bonchev–Trinajstić information content (AvgIpc) is 2.70. The van der Waals surface area contributed by atoms with Gasteiger partial charge in [-0.15, -0.1) is 11.8 Å². The number of nitrogens with zero attached hydrogens (tertiary/aromatic N) is 1. The molecule has 0 radical (unpaired) electrons. The van der Waals surface area contributed by atoms with Crippen molar-refractivity contribution in [1.29, 1.82) is 0 Å². The molecule has 0 bridgehead atoms. The molecule has 0 saturated carbocycles. The first kappa shape index (κ1) is 22.3. The number of halogens is 1. The SMILES string of the molecule is CCCCNC(=O)[C@@H](C)N(Cc1cccc(Cl)c1)C(=O)CSc1ccccc1. The monoisotopic (exact) mass is 418 g/mol. The van der Waals surface area contributed by atoms with Crippen LogP contribution in [0, 0.1) is 0 Å². The lowest BCUT2D eigenvalue weighted by Gasteiger charge is -2.29. The zero-order valence-electron chi connectivity index (χ0n) is 16.4. The van der Waals surface area contributed by atoms with Crippen molar-refractivity contribution < 1.29 is 9.59 Å². The van der Waals surface area contributed by atoms with Gasteiger partial charge < -0.3 is 10.2 Å². The van der Waals surface area contributed by atoms with Gasteiger partial charge in [0.05, 0.1) is 5.75 Å². The number of unbranched alkanes of at least 4 members (excludes halogenated alkanes) is 1. The number of hydrogen-bond acceptors (Lipinski definition) is 3. The molecule has 6 heteroatoms. The summed E-state index contributed by atoms with van der Waals surface area (Å²) < 4.78 is 0. The lowest BCUT2D eigenvalue weighted by atomic mass is 10.1. The van der Waals surface area contributed by atoms with Crippen LogP contribution < -0.4 is 5.32 Å². The Morgan fingerprint density at radius 3 is 2.57 bits per heavy atom. The van der Waals surface area contributed by atoms with E-state index in [0.717, 1.165) is 23.3 Å². The van der Waals surface area contributed by atoms with Gasteiger partial charge in [0.1, 0.15) is 6.04 Å². The van der Waals surface area contributed by atoms with E-state index in [4.69, 9.17) is 11.6 Å². The van der Waals surface area contributed by atoms with E-state index in [0.29, 0.717) is 18.1 Å². The largest absolute Gasteiger partial charge is 0.354 e. The van der Waals surface area contributed by atoms with E-state index < -0.39 is 6.04 Å². The van der Waals surface area contributed by atoms with Gasteiger partial charge in [-0.3, -0.25) is 9.59 Å².